The normalized spacial score (nSPS) is 11.7. The number of anilines is 1. The number of hydrogen-bond acceptors (Lipinski definition) is 3. The smallest absolute Gasteiger partial charge is 0.284 e. The van der Waals surface area contributed by atoms with Gasteiger partial charge in [0.25, 0.3) is 17.4 Å². The third-order valence-electron chi connectivity index (χ3n) is 5.94. The first-order valence-electron chi connectivity index (χ1n) is 10.2. The zero-order chi connectivity index (χ0) is 21.8. The molecule has 1 amide bonds. The quantitative estimate of drug-likeness (QED) is 0.361. The van der Waals surface area contributed by atoms with Gasteiger partial charge in [0.15, 0.2) is 6.20 Å². The summed E-state index contributed by atoms with van der Waals surface area (Å²) in [5.41, 5.74) is 5.06. The molecule has 162 valence electrons. The van der Waals surface area contributed by atoms with Crippen molar-refractivity contribution in [3.63, 3.8) is 0 Å². The minimum Gasteiger partial charge on any atom is -1.00 e. The van der Waals surface area contributed by atoms with Crippen LogP contribution in [-0.4, -0.2) is 23.8 Å². The number of halogens is 1. The molecule has 3 aromatic carbocycles. The molecular formula is C26H18BrN3O3. The van der Waals surface area contributed by atoms with Gasteiger partial charge in [0.05, 0.1) is 7.11 Å². The van der Waals surface area contributed by atoms with E-state index in [2.05, 4.69) is 10.3 Å². The fourth-order valence-electron chi connectivity index (χ4n) is 4.36. The Morgan fingerprint density at radius 3 is 2.55 bits per heavy atom. The third-order valence-corrected chi connectivity index (χ3v) is 5.94. The van der Waals surface area contributed by atoms with Gasteiger partial charge < -0.3 is 32.0 Å². The molecular weight excluding hydrogens is 482 g/mol. The number of benzene rings is 3. The van der Waals surface area contributed by atoms with Crippen LogP contribution in [0.3, 0.4) is 0 Å². The molecule has 0 aliphatic carbocycles. The number of rotatable bonds is 3. The van der Waals surface area contributed by atoms with Crippen LogP contribution in [0.4, 0.5) is 5.69 Å². The fourth-order valence-corrected chi connectivity index (χ4v) is 4.36. The molecule has 6 nitrogen and oxygen atoms in total. The Hall–Kier alpha value is -3.97. The highest BCUT2D eigenvalue weighted by Crippen LogP contribution is 2.31. The van der Waals surface area contributed by atoms with Gasteiger partial charge in [-0.2, -0.15) is 4.57 Å². The maximum Gasteiger partial charge on any atom is 0.284 e. The predicted octanol–water partition coefficient (Wildman–Crippen LogP) is 1.41. The van der Waals surface area contributed by atoms with E-state index < -0.39 is 0 Å². The Morgan fingerprint density at radius 1 is 0.970 bits per heavy atom. The number of para-hydroxylation sites is 1. The monoisotopic (exact) mass is 499 g/mol. The first kappa shape index (κ1) is 20.9. The largest absolute Gasteiger partial charge is 1.00 e. The zero-order valence-corrected chi connectivity index (χ0v) is 19.1. The number of methoxy groups -OCH3 is 1. The van der Waals surface area contributed by atoms with Crippen molar-refractivity contribution < 1.29 is 35.9 Å². The number of ether oxygens (including phenoxy) is 1. The van der Waals surface area contributed by atoms with Crippen LogP contribution in [-0.2, 0) is 0 Å². The van der Waals surface area contributed by atoms with E-state index in [1.54, 1.807) is 37.4 Å². The van der Waals surface area contributed by atoms with E-state index in [9.17, 15) is 9.59 Å². The van der Waals surface area contributed by atoms with Gasteiger partial charge in [-0.1, -0.05) is 12.1 Å². The molecule has 33 heavy (non-hydrogen) atoms. The first-order chi connectivity index (χ1) is 15.6. The van der Waals surface area contributed by atoms with Crippen molar-refractivity contribution in [2.24, 2.45) is 0 Å². The average Bonchev–Trinajstić information content (AvgIpc) is 3.34. The maximum atomic E-state index is 13.1. The van der Waals surface area contributed by atoms with Gasteiger partial charge in [-0.05, 0) is 48.5 Å². The lowest BCUT2D eigenvalue weighted by molar-refractivity contribution is -0.592. The van der Waals surface area contributed by atoms with Crippen molar-refractivity contribution in [2.75, 3.05) is 12.4 Å². The van der Waals surface area contributed by atoms with Crippen LogP contribution in [0.5, 0.6) is 5.75 Å². The van der Waals surface area contributed by atoms with E-state index in [-0.39, 0.29) is 28.7 Å². The minimum absolute atomic E-state index is 0. The van der Waals surface area contributed by atoms with Gasteiger partial charge in [0.1, 0.15) is 16.8 Å². The number of aromatic amines is 1. The highest BCUT2D eigenvalue weighted by molar-refractivity contribution is 6.21. The molecule has 2 N–H and O–H groups in total. The lowest BCUT2D eigenvalue weighted by Crippen LogP contribution is -3.00. The van der Waals surface area contributed by atoms with Crippen LogP contribution in [0.1, 0.15) is 26.4 Å². The second-order valence-electron chi connectivity index (χ2n) is 7.74. The molecule has 3 heterocycles. The van der Waals surface area contributed by atoms with Crippen LogP contribution in [0.25, 0.3) is 27.5 Å². The Labute approximate surface area is 199 Å². The molecule has 6 rings (SSSR count). The molecule has 0 fully saturated rings. The summed E-state index contributed by atoms with van der Waals surface area (Å²) in [6, 6.07) is 22.3. The fraction of sp³-hybridized carbons (Fsp3) is 0.0385. The van der Waals surface area contributed by atoms with Gasteiger partial charge in [-0.3, -0.25) is 9.59 Å². The lowest BCUT2D eigenvalue weighted by Gasteiger charge is -2.06. The van der Waals surface area contributed by atoms with Gasteiger partial charge in [0, 0.05) is 39.7 Å². The molecule has 0 saturated heterocycles. The molecule has 0 unspecified atom stereocenters. The van der Waals surface area contributed by atoms with Crippen LogP contribution in [0.15, 0.2) is 79.0 Å². The number of hydrogen-bond donors (Lipinski definition) is 2. The van der Waals surface area contributed by atoms with Gasteiger partial charge in [0.2, 0.25) is 5.69 Å². The summed E-state index contributed by atoms with van der Waals surface area (Å²) < 4.78 is 7.08. The van der Waals surface area contributed by atoms with Crippen molar-refractivity contribution >= 4 is 39.2 Å². The molecule has 2 aromatic heterocycles. The van der Waals surface area contributed by atoms with Crippen LogP contribution in [0.2, 0.25) is 0 Å². The standard InChI is InChI=1S/C26H17N3O3.BrH/c1-32-17-9-7-16(8-10-17)27-26(31)15-6-11-21-20(14-15)18-12-13-29-22-5-3-2-4-19(22)25(30)24(29)23(18)28-21;/h2-14H,1H3,(H,27,31);1H. The van der Waals surface area contributed by atoms with E-state index >= 15 is 0 Å². The Kier molecular flexibility index (Phi) is 4.98. The van der Waals surface area contributed by atoms with Gasteiger partial charge in [-0.15, -0.1) is 0 Å². The van der Waals surface area contributed by atoms with Gasteiger partial charge >= 0.3 is 0 Å². The number of H-pyrrole nitrogens is 1. The number of nitrogens with zero attached hydrogens (tertiary/aromatic N) is 1. The Bertz CT molecular complexity index is 1570. The molecule has 0 atom stereocenters. The van der Waals surface area contributed by atoms with Crippen molar-refractivity contribution in [3.8, 4) is 11.4 Å². The third kappa shape index (κ3) is 3.20. The predicted molar refractivity (Wildman–Crippen MR) is 122 cm³/mol. The highest BCUT2D eigenvalue weighted by Gasteiger charge is 2.38. The zero-order valence-electron chi connectivity index (χ0n) is 17.6. The van der Waals surface area contributed by atoms with Crippen LogP contribution >= 0.6 is 0 Å². The topological polar surface area (TPSA) is 75.1 Å². The molecule has 0 spiro atoms. The number of aromatic nitrogens is 2. The molecule has 7 heteroatoms. The summed E-state index contributed by atoms with van der Waals surface area (Å²) in [4.78, 5) is 29.3. The summed E-state index contributed by atoms with van der Waals surface area (Å²) >= 11 is 0. The van der Waals surface area contributed by atoms with Crippen LogP contribution < -0.4 is 31.6 Å². The number of nitrogens with one attached hydrogen (secondary N) is 2. The van der Waals surface area contributed by atoms with E-state index in [1.165, 1.54) is 0 Å². The Balaban J connectivity index is 0.00000228. The van der Waals surface area contributed by atoms with Crippen molar-refractivity contribution in [1.29, 1.82) is 0 Å². The summed E-state index contributed by atoms with van der Waals surface area (Å²) in [6.45, 7) is 0. The molecule has 0 bridgehead atoms. The first-order valence-corrected chi connectivity index (χ1v) is 10.2. The summed E-state index contributed by atoms with van der Waals surface area (Å²) in [7, 11) is 1.60. The number of carbonyl (C=O) groups excluding carboxylic acids is 2. The number of pyridine rings is 1. The second kappa shape index (κ2) is 7.86. The summed E-state index contributed by atoms with van der Waals surface area (Å²) in [5.74, 6) is 0.519. The average molecular weight is 500 g/mol. The number of amides is 1. The molecule has 1 aliphatic rings. The summed E-state index contributed by atoms with van der Waals surface area (Å²) in [5, 5.41) is 4.72. The maximum absolute atomic E-state index is 13.1. The Morgan fingerprint density at radius 2 is 1.76 bits per heavy atom. The molecule has 1 aliphatic heterocycles. The number of carbonyl (C=O) groups is 2. The van der Waals surface area contributed by atoms with E-state index in [0.29, 0.717) is 22.5 Å². The minimum atomic E-state index is -0.203. The SMILES string of the molecule is COc1ccc(NC(=O)c2ccc3[nH]c4c5[n+](ccc4c3c2)-c2ccccc2C5=O)cc1.[Br-]. The van der Waals surface area contributed by atoms with Gasteiger partial charge in [-0.25, -0.2) is 0 Å². The van der Waals surface area contributed by atoms with E-state index in [1.807, 2.05) is 53.2 Å². The molecule has 5 aromatic rings. The highest BCUT2D eigenvalue weighted by atomic mass is 79.9. The summed E-state index contributed by atoms with van der Waals surface area (Å²) in [6.07, 6.45) is 1.92. The number of ketones is 1. The number of fused-ring (bicyclic) bond motifs is 7. The molecule has 0 saturated carbocycles. The molecule has 0 radical (unpaired) electrons. The van der Waals surface area contributed by atoms with Crippen LogP contribution in [0, 0.1) is 0 Å². The second-order valence-corrected chi connectivity index (χ2v) is 7.74. The van der Waals surface area contributed by atoms with Crippen molar-refractivity contribution in [1.82, 2.24) is 4.98 Å². The van der Waals surface area contributed by atoms with Crippen molar-refractivity contribution in [2.45, 2.75) is 0 Å². The van der Waals surface area contributed by atoms with Crippen molar-refractivity contribution in [3.05, 3.63) is 95.8 Å². The van der Waals surface area contributed by atoms with E-state index in [4.69, 9.17) is 4.74 Å². The van der Waals surface area contributed by atoms with E-state index in [0.717, 1.165) is 33.2 Å². The lowest BCUT2D eigenvalue weighted by atomic mass is 10.1.